The second-order valence-corrected chi connectivity index (χ2v) is 5.73. The fourth-order valence-electron chi connectivity index (χ4n) is 1.92. The highest BCUT2D eigenvalue weighted by Gasteiger charge is 2.11. The summed E-state index contributed by atoms with van der Waals surface area (Å²) in [6, 6.07) is 8.03. The van der Waals surface area contributed by atoms with E-state index in [0.29, 0.717) is 19.1 Å². The van der Waals surface area contributed by atoms with E-state index in [-0.39, 0.29) is 0 Å². The number of ether oxygens (including phenoxy) is 1. The Balaban J connectivity index is 1.73. The molecule has 1 aliphatic rings. The number of hydrogen-bond donors (Lipinski definition) is 1. The molecular weight excluding hydrogens is 258 g/mol. The first-order chi connectivity index (χ1) is 9.25. The highest BCUT2D eigenvalue weighted by atomic mass is 32.2. The van der Waals surface area contributed by atoms with Crippen LogP contribution in [0.2, 0.25) is 0 Å². The molecule has 1 heterocycles. The number of benzene rings is 1. The van der Waals surface area contributed by atoms with Gasteiger partial charge in [0.15, 0.2) is 5.96 Å². The fourth-order valence-corrected chi connectivity index (χ4v) is 2.82. The SMILES string of the molecule is Cc1cccc(OCCN=C(N)N2CCSCC2)c1. The van der Waals surface area contributed by atoms with Gasteiger partial charge in [-0.05, 0) is 24.6 Å². The minimum Gasteiger partial charge on any atom is -0.492 e. The van der Waals surface area contributed by atoms with Crippen LogP contribution in [0.25, 0.3) is 0 Å². The molecule has 0 radical (unpaired) electrons. The van der Waals surface area contributed by atoms with Gasteiger partial charge in [-0.1, -0.05) is 12.1 Å². The maximum absolute atomic E-state index is 5.96. The van der Waals surface area contributed by atoms with Crippen molar-refractivity contribution in [1.82, 2.24) is 4.90 Å². The summed E-state index contributed by atoms with van der Waals surface area (Å²) in [5.74, 6) is 3.81. The van der Waals surface area contributed by atoms with Crippen LogP contribution in [-0.4, -0.2) is 48.6 Å². The lowest BCUT2D eigenvalue weighted by Gasteiger charge is -2.27. The highest BCUT2D eigenvalue weighted by molar-refractivity contribution is 7.99. The number of nitrogens with zero attached hydrogens (tertiary/aromatic N) is 2. The van der Waals surface area contributed by atoms with Gasteiger partial charge in [0.1, 0.15) is 12.4 Å². The summed E-state index contributed by atoms with van der Waals surface area (Å²) >= 11 is 1.97. The fraction of sp³-hybridized carbons (Fsp3) is 0.500. The Kier molecular flexibility index (Phi) is 5.39. The molecule has 2 N–H and O–H groups in total. The van der Waals surface area contributed by atoms with Crippen LogP contribution in [0, 0.1) is 6.92 Å². The number of thioether (sulfide) groups is 1. The summed E-state index contributed by atoms with van der Waals surface area (Å²) in [5, 5.41) is 0. The van der Waals surface area contributed by atoms with E-state index in [1.54, 1.807) is 0 Å². The summed E-state index contributed by atoms with van der Waals surface area (Å²) < 4.78 is 5.64. The predicted octanol–water partition coefficient (Wildman–Crippen LogP) is 1.74. The van der Waals surface area contributed by atoms with Crippen molar-refractivity contribution in [2.45, 2.75) is 6.92 Å². The van der Waals surface area contributed by atoms with Crippen LogP contribution in [0.5, 0.6) is 5.75 Å². The van der Waals surface area contributed by atoms with Crippen LogP contribution in [0.4, 0.5) is 0 Å². The molecule has 0 spiro atoms. The molecule has 5 heteroatoms. The van der Waals surface area contributed by atoms with Gasteiger partial charge in [0.05, 0.1) is 6.54 Å². The van der Waals surface area contributed by atoms with E-state index in [4.69, 9.17) is 10.5 Å². The number of aliphatic imine (C=N–C) groups is 1. The number of nitrogens with two attached hydrogens (primary N) is 1. The third-order valence-corrected chi connectivity index (χ3v) is 3.90. The molecule has 0 aromatic heterocycles. The summed E-state index contributed by atoms with van der Waals surface area (Å²) in [6.07, 6.45) is 0. The second-order valence-electron chi connectivity index (χ2n) is 4.50. The minimum absolute atomic E-state index is 0.562. The van der Waals surface area contributed by atoms with Gasteiger partial charge >= 0.3 is 0 Å². The molecule has 4 nitrogen and oxygen atoms in total. The lowest BCUT2D eigenvalue weighted by molar-refractivity contribution is 0.327. The molecule has 0 saturated carbocycles. The number of rotatable bonds is 4. The Hall–Kier alpha value is -1.36. The third-order valence-electron chi connectivity index (χ3n) is 2.96. The van der Waals surface area contributed by atoms with Crippen LogP contribution in [0.1, 0.15) is 5.56 Å². The molecule has 1 saturated heterocycles. The molecule has 104 valence electrons. The Morgan fingerprint density at radius 2 is 2.21 bits per heavy atom. The van der Waals surface area contributed by atoms with E-state index < -0.39 is 0 Å². The van der Waals surface area contributed by atoms with Gasteiger partial charge in [0, 0.05) is 24.6 Å². The second kappa shape index (κ2) is 7.28. The number of hydrogen-bond acceptors (Lipinski definition) is 3. The molecule has 1 aromatic rings. The zero-order chi connectivity index (χ0) is 13.5. The molecule has 19 heavy (non-hydrogen) atoms. The van der Waals surface area contributed by atoms with Crippen LogP contribution in [0.15, 0.2) is 29.3 Å². The first-order valence-corrected chi connectivity index (χ1v) is 7.73. The Labute approximate surface area is 119 Å². The van der Waals surface area contributed by atoms with E-state index in [1.807, 2.05) is 30.0 Å². The molecule has 0 unspecified atom stereocenters. The van der Waals surface area contributed by atoms with Crippen LogP contribution in [0.3, 0.4) is 0 Å². The van der Waals surface area contributed by atoms with Gasteiger partial charge in [-0.2, -0.15) is 11.8 Å². The van der Waals surface area contributed by atoms with Gasteiger partial charge in [-0.15, -0.1) is 0 Å². The molecule has 1 fully saturated rings. The molecule has 0 aliphatic carbocycles. The van der Waals surface area contributed by atoms with Crippen molar-refractivity contribution in [3.05, 3.63) is 29.8 Å². The van der Waals surface area contributed by atoms with Crippen molar-refractivity contribution >= 4 is 17.7 Å². The largest absolute Gasteiger partial charge is 0.492 e. The molecular formula is C14H21N3OS. The van der Waals surface area contributed by atoms with Crippen LogP contribution in [-0.2, 0) is 0 Å². The summed E-state index contributed by atoms with van der Waals surface area (Å²) in [4.78, 5) is 6.51. The standard InChI is InChI=1S/C14H21N3OS/c1-12-3-2-4-13(11-12)18-8-5-16-14(15)17-6-9-19-10-7-17/h2-4,11H,5-10H2,1H3,(H2,15,16). The molecule has 0 atom stereocenters. The Bertz CT molecular complexity index is 430. The van der Waals surface area contributed by atoms with Crippen molar-refractivity contribution in [2.24, 2.45) is 10.7 Å². The van der Waals surface area contributed by atoms with Gasteiger partial charge < -0.3 is 15.4 Å². The average Bonchev–Trinajstić information content (AvgIpc) is 2.44. The highest BCUT2D eigenvalue weighted by Crippen LogP contribution is 2.12. The monoisotopic (exact) mass is 279 g/mol. The minimum atomic E-state index is 0.562. The van der Waals surface area contributed by atoms with Gasteiger partial charge in [0.25, 0.3) is 0 Å². The third kappa shape index (κ3) is 4.67. The van der Waals surface area contributed by atoms with E-state index >= 15 is 0 Å². The topological polar surface area (TPSA) is 50.9 Å². The zero-order valence-electron chi connectivity index (χ0n) is 11.3. The summed E-state index contributed by atoms with van der Waals surface area (Å²) in [6.45, 7) is 5.21. The van der Waals surface area contributed by atoms with Crippen molar-refractivity contribution in [3.8, 4) is 5.75 Å². The van der Waals surface area contributed by atoms with E-state index in [1.165, 1.54) is 5.56 Å². The van der Waals surface area contributed by atoms with Crippen molar-refractivity contribution in [2.75, 3.05) is 37.7 Å². The van der Waals surface area contributed by atoms with Crippen molar-refractivity contribution < 1.29 is 4.74 Å². The first kappa shape index (κ1) is 14.1. The lowest BCUT2D eigenvalue weighted by Crippen LogP contribution is -2.42. The quantitative estimate of drug-likeness (QED) is 0.518. The molecule has 2 rings (SSSR count). The maximum Gasteiger partial charge on any atom is 0.191 e. The first-order valence-electron chi connectivity index (χ1n) is 6.58. The summed E-state index contributed by atoms with van der Waals surface area (Å²) in [7, 11) is 0. The lowest BCUT2D eigenvalue weighted by atomic mass is 10.2. The normalized spacial score (nSPS) is 16.5. The Morgan fingerprint density at radius 1 is 1.42 bits per heavy atom. The zero-order valence-corrected chi connectivity index (χ0v) is 12.2. The molecule has 1 aliphatic heterocycles. The smallest absolute Gasteiger partial charge is 0.191 e. The van der Waals surface area contributed by atoms with Gasteiger partial charge in [-0.3, -0.25) is 0 Å². The van der Waals surface area contributed by atoms with Crippen molar-refractivity contribution in [1.29, 1.82) is 0 Å². The average molecular weight is 279 g/mol. The van der Waals surface area contributed by atoms with E-state index in [0.717, 1.165) is 30.3 Å². The van der Waals surface area contributed by atoms with Crippen LogP contribution < -0.4 is 10.5 Å². The van der Waals surface area contributed by atoms with Gasteiger partial charge in [-0.25, -0.2) is 4.99 Å². The van der Waals surface area contributed by atoms with Gasteiger partial charge in [0.2, 0.25) is 0 Å². The predicted molar refractivity (Wildman–Crippen MR) is 82.1 cm³/mol. The molecule has 0 amide bonds. The number of guanidine groups is 1. The van der Waals surface area contributed by atoms with E-state index in [9.17, 15) is 0 Å². The molecule has 1 aromatic carbocycles. The van der Waals surface area contributed by atoms with Crippen LogP contribution >= 0.6 is 11.8 Å². The van der Waals surface area contributed by atoms with E-state index in [2.05, 4.69) is 22.9 Å². The number of aryl methyl sites for hydroxylation is 1. The maximum atomic E-state index is 5.96. The van der Waals surface area contributed by atoms with Crippen molar-refractivity contribution in [3.63, 3.8) is 0 Å². The summed E-state index contributed by atoms with van der Waals surface area (Å²) in [5.41, 5.74) is 7.16. The molecule has 0 bridgehead atoms. The Morgan fingerprint density at radius 3 is 2.95 bits per heavy atom.